The fourth-order valence-electron chi connectivity index (χ4n) is 3.04. The molecule has 3 rings (SSSR count). The van der Waals surface area contributed by atoms with Crippen LogP contribution in [0.15, 0.2) is 29.7 Å². The van der Waals surface area contributed by atoms with Crippen LogP contribution < -0.4 is 16.3 Å². The first-order chi connectivity index (χ1) is 9.44. The molecule has 0 saturated carbocycles. The zero-order valence-corrected chi connectivity index (χ0v) is 12.5. The Labute approximate surface area is 118 Å². The molecule has 0 aromatic carbocycles. The third-order valence-electron chi connectivity index (χ3n) is 3.94. The van der Waals surface area contributed by atoms with E-state index in [0.29, 0.717) is 0 Å². The number of methoxy groups -OCH3 is 1. The minimum atomic E-state index is -0.0126. The fourth-order valence-corrected chi connectivity index (χ4v) is 3.04. The maximum absolute atomic E-state index is 5.90. The smallest absolute Gasteiger partial charge is 0.126 e. The van der Waals surface area contributed by atoms with Crippen LogP contribution in [0.5, 0.6) is 0 Å². The first kappa shape index (κ1) is 13.2. The predicted octanol–water partition coefficient (Wildman–Crippen LogP) is 0.672. The van der Waals surface area contributed by atoms with E-state index < -0.39 is 0 Å². The number of ether oxygens (including phenoxy) is 1. The lowest BCUT2D eigenvalue weighted by molar-refractivity contribution is 0.302. The summed E-state index contributed by atoms with van der Waals surface area (Å²) in [5.41, 5.74) is 8.35. The van der Waals surface area contributed by atoms with Gasteiger partial charge < -0.3 is 10.5 Å². The van der Waals surface area contributed by atoms with Gasteiger partial charge in [-0.1, -0.05) is 19.9 Å². The van der Waals surface area contributed by atoms with Gasteiger partial charge in [0.05, 0.1) is 25.2 Å². The zero-order chi connectivity index (χ0) is 14.5. The van der Waals surface area contributed by atoms with Crippen molar-refractivity contribution in [3.05, 3.63) is 40.2 Å². The maximum Gasteiger partial charge on any atom is 0.126 e. The van der Waals surface area contributed by atoms with Crippen molar-refractivity contribution in [2.45, 2.75) is 33.4 Å². The van der Waals surface area contributed by atoms with Crippen LogP contribution in [-0.4, -0.2) is 22.9 Å². The molecule has 0 radical (unpaired) electrons. The van der Waals surface area contributed by atoms with E-state index in [4.69, 9.17) is 10.5 Å². The van der Waals surface area contributed by atoms with E-state index in [-0.39, 0.29) is 11.5 Å². The van der Waals surface area contributed by atoms with E-state index in [1.54, 1.807) is 7.11 Å². The molecule has 0 fully saturated rings. The van der Waals surface area contributed by atoms with Gasteiger partial charge in [0.25, 0.3) is 0 Å². The number of fused-ring (bicyclic) bond motifs is 2. The molecule has 1 atom stereocenters. The summed E-state index contributed by atoms with van der Waals surface area (Å²) >= 11 is 0. The number of aromatic nitrogens is 2. The predicted molar refractivity (Wildman–Crippen MR) is 80.0 cm³/mol. The highest BCUT2D eigenvalue weighted by Crippen LogP contribution is 2.41. The molecule has 2 N–H and O–H groups in total. The van der Waals surface area contributed by atoms with E-state index in [1.807, 2.05) is 17.8 Å². The van der Waals surface area contributed by atoms with Crippen molar-refractivity contribution in [2.24, 2.45) is 11.1 Å². The van der Waals surface area contributed by atoms with Gasteiger partial charge in [0, 0.05) is 22.2 Å². The minimum Gasteiger partial charge on any atom is -0.496 e. The van der Waals surface area contributed by atoms with E-state index in [9.17, 15) is 0 Å². The Kier molecular flexibility index (Phi) is 2.87. The van der Waals surface area contributed by atoms with Crippen molar-refractivity contribution in [1.82, 2.24) is 9.78 Å². The molecule has 2 aliphatic rings. The molecular formula is C16H21N3O. The molecule has 0 saturated heterocycles. The summed E-state index contributed by atoms with van der Waals surface area (Å²) in [4.78, 5) is 0. The Morgan fingerprint density at radius 2 is 2.20 bits per heavy atom. The van der Waals surface area contributed by atoms with Crippen LogP contribution in [0.25, 0.3) is 11.6 Å². The quantitative estimate of drug-likeness (QED) is 0.879. The van der Waals surface area contributed by atoms with E-state index in [1.165, 1.54) is 16.4 Å². The van der Waals surface area contributed by atoms with Crippen molar-refractivity contribution in [1.29, 1.82) is 0 Å². The highest BCUT2D eigenvalue weighted by atomic mass is 16.5. The number of nitrogens with zero attached hydrogens (tertiary/aromatic N) is 2. The van der Waals surface area contributed by atoms with Gasteiger partial charge in [-0.2, -0.15) is 5.10 Å². The monoisotopic (exact) mass is 271 g/mol. The first-order valence-electron chi connectivity index (χ1n) is 6.96. The molecule has 20 heavy (non-hydrogen) atoms. The normalized spacial score (nSPS) is 20.6. The van der Waals surface area contributed by atoms with Gasteiger partial charge in [0.1, 0.15) is 5.76 Å². The number of hydrogen-bond donors (Lipinski definition) is 1. The summed E-state index contributed by atoms with van der Waals surface area (Å²) in [5, 5.41) is 6.82. The van der Waals surface area contributed by atoms with Crippen LogP contribution in [0.4, 0.5) is 0 Å². The van der Waals surface area contributed by atoms with Gasteiger partial charge >= 0.3 is 0 Å². The topological polar surface area (TPSA) is 53.1 Å². The Morgan fingerprint density at radius 1 is 1.45 bits per heavy atom. The van der Waals surface area contributed by atoms with E-state index >= 15 is 0 Å². The first-order valence-corrected chi connectivity index (χ1v) is 6.96. The lowest BCUT2D eigenvalue weighted by atomic mass is 9.77. The standard InChI is InChI=1S/C16H21N3O/c1-10(17)9-19-13-7-11-14(20-4)5-6-16(2,3)15(11)12(13)8-18-19/h5-8,10H,9,17H2,1-4H3/t10-/m0/s1. The van der Waals surface area contributed by atoms with Crippen LogP contribution in [0, 0.1) is 5.41 Å². The number of nitrogens with two attached hydrogens (primary N) is 1. The highest BCUT2D eigenvalue weighted by molar-refractivity contribution is 5.87. The van der Waals surface area contributed by atoms with E-state index in [2.05, 4.69) is 37.2 Å². The molecule has 0 spiro atoms. The lowest BCUT2D eigenvalue weighted by Crippen LogP contribution is -2.34. The second-order valence-corrected chi connectivity index (χ2v) is 6.16. The summed E-state index contributed by atoms with van der Waals surface area (Å²) in [5.74, 6) is 0.919. The van der Waals surface area contributed by atoms with Crippen molar-refractivity contribution in [3.8, 4) is 0 Å². The Hall–Kier alpha value is -1.81. The molecule has 2 aliphatic carbocycles. The molecule has 0 unspecified atom stereocenters. The summed E-state index contributed by atoms with van der Waals surface area (Å²) < 4.78 is 7.49. The third kappa shape index (κ3) is 1.83. The van der Waals surface area contributed by atoms with Crippen LogP contribution in [-0.2, 0) is 11.3 Å². The maximum atomic E-state index is 5.90. The molecule has 0 aliphatic heterocycles. The van der Waals surface area contributed by atoms with Crippen molar-refractivity contribution >= 4 is 11.6 Å². The minimum absolute atomic E-state index is 0.0126. The Balaban J connectivity index is 2.27. The Bertz CT molecular complexity index is 732. The van der Waals surface area contributed by atoms with Crippen LogP contribution in [0.1, 0.15) is 20.8 Å². The molecule has 4 nitrogen and oxygen atoms in total. The molecule has 0 bridgehead atoms. The van der Waals surface area contributed by atoms with Gasteiger partial charge in [-0.05, 0) is 24.6 Å². The van der Waals surface area contributed by atoms with Gasteiger partial charge in [-0.15, -0.1) is 0 Å². The largest absolute Gasteiger partial charge is 0.496 e. The molecule has 1 aromatic heterocycles. The lowest BCUT2D eigenvalue weighted by Gasteiger charge is -2.28. The van der Waals surface area contributed by atoms with Crippen LogP contribution in [0.3, 0.4) is 0 Å². The third-order valence-corrected chi connectivity index (χ3v) is 3.94. The van der Waals surface area contributed by atoms with Crippen LogP contribution >= 0.6 is 0 Å². The van der Waals surface area contributed by atoms with E-state index in [0.717, 1.165) is 17.7 Å². The van der Waals surface area contributed by atoms with Gasteiger partial charge in [-0.25, -0.2) is 0 Å². The molecule has 1 aromatic rings. The summed E-state index contributed by atoms with van der Waals surface area (Å²) in [6.07, 6.45) is 8.37. The van der Waals surface area contributed by atoms with Gasteiger partial charge in [0.15, 0.2) is 0 Å². The second-order valence-electron chi connectivity index (χ2n) is 6.16. The van der Waals surface area contributed by atoms with Crippen molar-refractivity contribution < 1.29 is 4.74 Å². The SMILES string of the molecule is COC1=C2C=c3c(cnn3C[C@H](C)N)=C2C(C)(C)C=C1. The highest BCUT2D eigenvalue weighted by Gasteiger charge is 2.32. The Morgan fingerprint density at radius 3 is 2.85 bits per heavy atom. The fraction of sp³-hybridized carbons (Fsp3) is 0.438. The van der Waals surface area contributed by atoms with Crippen LogP contribution in [0.2, 0.25) is 0 Å². The van der Waals surface area contributed by atoms with Crippen molar-refractivity contribution in [3.63, 3.8) is 0 Å². The molecular weight excluding hydrogens is 250 g/mol. The molecule has 1 heterocycles. The second kappa shape index (κ2) is 4.35. The summed E-state index contributed by atoms with van der Waals surface area (Å²) in [6, 6.07) is 0.0852. The number of allylic oxidation sites excluding steroid dienone is 3. The van der Waals surface area contributed by atoms with Gasteiger partial charge in [-0.3, -0.25) is 4.68 Å². The number of rotatable bonds is 3. The van der Waals surface area contributed by atoms with Crippen molar-refractivity contribution in [2.75, 3.05) is 7.11 Å². The number of hydrogen-bond acceptors (Lipinski definition) is 3. The molecule has 4 heteroatoms. The average molecular weight is 271 g/mol. The molecule has 0 amide bonds. The average Bonchev–Trinajstić information content (AvgIpc) is 2.90. The summed E-state index contributed by atoms with van der Waals surface area (Å²) in [7, 11) is 1.72. The molecule has 106 valence electrons. The summed E-state index contributed by atoms with van der Waals surface area (Å²) in [6.45, 7) is 7.16. The zero-order valence-electron chi connectivity index (χ0n) is 12.5. The van der Waals surface area contributed by atoms with Gasteiger partial charge in [0.2, 0.25) is 0 Å².